The number of carbonyl (C=O) groups is 2. The highest BCUT2D eigenvalue weighted by molar-refractivity contribution is 7.14. The highest BCUT2D eigenvalue weighted by Crippen LogP contribution is 2.41. The summed E-state index contributed by atoms with van der Waals surface area (Å²) in [6.45, 7) is 2.41. The summed E-state index contributed by atoms with van der Waals surface area (Å²) >= 11 is 7.68. The summed E-state index contributed by atoms with van der Waals surface area (Å²) in [4.78, 5) is 29.1. The zero-order valence-corrected chi connectivity index (χ0v) is 19.8. The number of halogens is 2. The van der Waals surface area contributed by atoms with Crippen LogP contribution in [0, 0.1) is 12.7 Å². The van der Waals surface area contributed by atoms with Crippen LogP contribution in [-0.2, 0) is 6.42 Å². The van der Waals surface area contributed by atoms with Crippen molar-refractivity contribution in [2.75, 3.05) is 16.8 Å². The van der Waals surface area contributed by atoms with Crippen molar-refractivity contribution in [3.8, 4) is 10.4 Å². The molecule has 4 nitrogen and oxygen atoms in total. The van der Waals surface area contributed by atoms with Gasteiger partial charge in [-0.3, -0.25) is 9.59 Å². The number of benzene rings is 3. The maximum Gasteiger partial charge on any atom is 0.258 e. The topological polar surface area (TPSA) is 49.4 Å². The van der Waals surface area contributed by atoms with Gasteiger partial charge in [-0.05, 0) is 77.9 Å². The van der Waals surface area contributed by atoms with Crippen molar-refractivity contribution in [1.29, 1.82) is 0 Å². The van der Waals surface area contributed by atoms with E-state index >= 15 is 0 Å². The Morgan fingerprint density at radius 2 is 1.85 bits per heavy atom. The van der Waals surface area contributed by atoms with Crippen LogP contribution in [0.2, 0.25) is 5.02 Å². The second-order valence-corrected chi connectivity index (χ2v) is 9.43. The second kappa shape index (κ2) is 9.05. The van der Waals surface area contributed by atoms with Crippen molar-refractivity contribution >= 4 is 46.1 Å². The average molecular weight is 491 g/mol. The molecule has 1 aliphatic rings. The lowest BCUT2D eigenvalue weighted by Crippen LogP contribution is -2.32. The van der Waals surface area contributed by atoms with E-state index in [1.807, 2.05) is 35.4 Å². The Morgan fingerprint density at radius 1 is 1.03 bits per heavy atom. The minimum Gasteiger partial charge on any atom is -0.322 e. The molecule has 0 unspecified atom stereocenters. The molecular formula is C27H20ClFN2O2S. The first-order valence-corrected chi connectivity index (χ1v) is 12.0. The lowest BCUT2D eigenvalue weighted by atomic mass is 10.0. The number of hydrogen-bond acceptors (Lipinski definition) is 3. The van der Waals surface area contributed by atoms with Gasteiger partial charge in [-0.15, -0.1) is 11.3 Å². The number of rotatable bonds is 3. The van der Waals surface area contributed by atoms with Crippen LogP contribution in [0.15, 0.2) is 72.1 Å². The molecule has 0 saturated heterocycles. The summed E-state index contributed by atoms with van der Waals surface area (Å²) in [5, 5.41) is 4.91. The van der Waals surface area contributed by atoms with Crippen LogP contribution in [0.3, 0.4) is 0 Å². The Bertz CT molecular complexity index is 1430. The molecule has 7 heteroatoms. The number of amides is 2. The number of nitrogens with one attached hydrogen (secondary N) is 1. The van der Waals surface area contributed by atoms with E-state index in [1.54, 1.807) is 29.5 Å². The van der Waals surface area contributed by atoms with E-state index in [0.29, 0.717) is 17.8 Å². The monoisotopic (exact) mass is 490 g/mol. The van der Waals surface area contributed by atoms with Crippen molar-refractivity contribution in [1.82, 2.24) is 0 Å². The van der Waals surface area contributed by atoms with Gasteiger partial charge in [0.2, 0.25) is 0 Å². The third kappa shape index (κ3) is 4.11. The molecule has 0 spiro atoms. The number of thiophene rings is 1. The van der Waals surface area contributed by atoms with Gasteiger partial charge in [0.25, 0.3) is 11.8 Å². The zero-order valence-electron chi connectivity index (χ0n) is 18.3. The normalized spacial score (nSPS) is 12.5. The molecule has 2 amide bonds. The van der Waals surface area contributed by atoms with Gasteiger partial charge < -0.3 is 10.2 Å². The summed E-state index contributed by atoms with van der Waals surface area (Å²) in [6.07, 6.45) is 0.769. The molecule has 0 fully saturated rings. The molecule has 0 saturated carbocycles. The van der Waals surface area contributed by atoms with Crippen molar-refractivity contribution in [3.63, 3.8) is 0 Å². The minimum absolute atomic E-state index is 0.0496. The first kappa shape index (κ1) is 22.3. The fourth-order valence-corrected chi connectivity index (χ4v) is 5.40. The van der Waals surface area contributed by atoms with Crippen LogP contribution >= 0.6 is 22.9 Å². The summed E-state index contributed by atoms with van der Waals surface area (Å²) in [7, 11) is 0. The first-order valence-electron chi connectivity index (χ1n) is 10.8. The van der Waals surface area contributed by atoms with E-state index in [-0.39, 0.29) is 16.5 Å². The molecule has 4 aromatic rings. The third-order valence-electron chi connectivity index (χ3n) is 5.93. The van der Waals surface area contributed by atoms with Gasteiger partial charge in [0, 0.05) is 17.8 Å². The lowest BCUT2D eigenvalue weighted by molar-refractivity contribution is 0.0985. The van der Waals surface area contributed by atoms with E-state index in [0.717, 1.165) is 28.6 Å². The number of carbonyl (C=O) groups excluding carboxylic acids is 2. The highest BCUT2D eigenvalue weighted by Gasteiger charge is 2.27. The first-order chi connectivity index (χ1) is 16.4. The molecule has 170 valence electrons. The zero-order chi connectivity index (χ0) is 23.8. The summed E-state index contributed by atoms with van der Waals surface area (Å²) in [5.74, 6) is -1.15. The molecular weight excluding hydrogens is 471 g/mol. The Hall–Kier alpha value is -3.48. The number of aryl methyl sites for hydroxylation is 1. The Labute approximate surface area is 205 Å². The molecule has 0 atom stereocenters. The molecule has 0 radical (unpaired) electrons. The molecule has 3 aromatic carbocycles. The van der Waals surface area contributed by atoms with Crippen LogP contribution in [0.25, 0.3) is 10.4 Å². The fourth-order valence-electron chi connectivity index (χ4n) is 4.24. The molecule has 0 aliphatic carbocycles. The summed E-state index contributed by atoms with van der Waals surface area (Å²) in [6, 6.07) is 19.0. The standard InChI is InChI=1S/C27H20ClFN2O2S/c1-16-14-19(30-26(32)22-15-18(29)6-9-23(22)28)7-8-20(16)27(33)31-12-10-17-4-2-3-5-21(17)25-24(31)11-13-34-25/h2-9,11,13-15H,10,12H2,1H3,(H,30,32). The van der Waals surface area contributed by atoms with Crippen molar-refractivity contribution in [2.24, 2.45) is 0 Å². The predicted octanol–water partition coefficient (Wildman–Crippen LogP) is 6.97. The van der Waals surface area contributed by atoms with E-state index in [2.05, 4.69) is 17.4 Å². The van der Waals surface area contributed by atoms with Gasteiger partial charge in [-0.25, -0.2) is 4.39 Å². The maximum atomic E-state index is 13.6. The summed E-state index contributed by atoms with van der Waals surface area (Å²) in [5.41, 5.74) is 5.15. The highest BCUT2D eigenvalue weighted by atomic mass is 35.5. The molecule has 34 heavy (non-hydrogen) atoms. The van der Waals surface area contributed by atoms with Crippen LogP contribution in [-0.4, -0.2) is 18.4 Å². The van der Waals surface area contributed by atoms with Gasteiger partial charge in [-0.2, -0.15) is 0 Å². The number of nitrogens with zero attached hydrogens (tertiary/aromatic N) is 1. The number of hydrogen-bond donors (Lipinski definition) is 1. The maximum absolute atomic E-state index is 13.6. The SMILES string of the molecule is Cc1cc(NC(=O)c2cc(F)ccc2Cl)ccc1C(=O)N1CCc2ccccc2-c2sccc21. The minimum atomic E-state index is -0.543. The van der Waals surface area contributed by atoms with Gasteiger partial charge in [0.05, 0.1) is 21.2 Å². The predicted molar refractivity (Wildman–Crippen MR) is 136 cm³/mol. The van der Waals surface area contributed by atoms with Crippen molar-refractivity contribution in [2.45, 2.75) is 13.3 Å². The number of fused-ring (bicyclic) bond motifs is 3. The Balaban J connectivity index is 1.41. The average Bonchev–Trinajstić information content (AvgIpc) is 3.24. The quantitative estimate of drug-likeness (QED) is 0.337. The fraction of sp³-hybridized carbons (Fsp3) is 0.111. The molecule has 1 aliphatic heterocycles. The van der Waals surface area contributed by atoms with Crippen molar-refractivity contribution in [3.05, 3.63) is 105 Å². The van der Waals surface area contributed by atoms with E-state index in [4.69, 9.17) is 11.6 Å². The van der Waals surface area contributed by atoms with Gasteiger partial charge in [0.15, 0.2) is 0 Å². The van der Waals surface area contributed by atoms with Crippen molar-refractivity contribution < 1.29 is 14.0 Å². The van der Waals surface area contributed by atoms with E-state index in [9.17, 15) is 14.0 Å². The van der Waals surface area contributed by atoms with Gasteiger partial charge in [-0.1, -0.05) is 35.9 Å². The van der Waals surface area contributed by atoms with Gasteiger partial charge >= 0.3 is 0 Å². The van der Waals surface area contributed by atoms with E-state index < -0.39 is 11.7 Å². The van der Waals surface area contributed by atoms with Crippen LogP contribution in [0.1, 0.15) is 31.8 Å². The van der Waals surface area contributed by atoms with Crippen LogP contribution < -0.4 is 10.2 Å². The molecule has 0 bridgehead atoms. The van der Waals surface area contributed by atoms with E-state index in [1.165, 1.54) is 23.3 Å². The number of anilines is 2. The molecule has 1 aromatic heterocycles. The molecule has 5 rings (SSSR count). The third-order valence-corrected chi connectivity index (χ3v) is 7.20. The summed E-state index contributed by atoms with van der Waals surface area (Å²) < 4.78 is 13.5. The van der Waals surface area contributed by atoms with Crippen LogP contribution in [0.4, 0.5) is 15.8 Å². The molecule has 1 N–H and O–H groups in total. The molecule has 2 heterocycles. The Morgan fingerprint density at radius 3 is 2.68 bits per heavy atom. The van der Waals surface area contributed by atoms with Crippen LogP contribution in [0.5, 0.6) is 0 Å². The smallest absolute Gasteiger partial charge is 0.258 e. The largest absolute Gasteiger partial charge is 0.322 e. The van der Waals surface area contributed by atoms with Gasteiger partial charge in [0.1, 0.15) is 5.82 Å². The second-order valence-electron chi connectivity index (χ2n) is 8.11. The lowest BCUT2D eigenvalue weighted by Gasteiger charge is -2.22. The Kier molecular flexibility index (Phi) is 5.94.